The van der Waals surface area contributed by atoms with Crippen LogP contribution in [0.5, 0.6) is 0 Å². The molecule has 0 bridgehead atoms. The van der Waals surface area contributed by atoms with E-state index < -0.39 is 5.91 Å². The quantitative estimate of drug-likeness (QED) is 0.814. The molecule has 2 aromatic rings. The van der Waals surface area contributed by atoms with E-state index in [1.54, 1.807) is 10.7 Å². The minimum atomic E-state index is -0.479. The van der Waals surface area contributed by atoms with E-state index in [-0.39, 0.29) is 5.60 Å². The third-order valence-electron chi connectivity index (χ3n) is 2.75. The molecule has 1 amide bonds. The molecule has 0 spiro atoms. The Morgan fingerprint density at radius 3 is 2.90 bits per heavy atom. The van der Waals surface area contributed by atoms with Crippen LogP contribution >= 0.6 is 0 Å². The van der Waals surface area contributed by atoms with E-state index in [4.69, 9.17) is 10.5 Å². The Morgan fingerprint density at radius 2 is 2.25 bits per heavy atom. The number of nitrogens with one attached hydrogen (secondary N) is 1. The molecule has 0 unspecified atom stereocenters. The predicted molar refractivity (Wildman–Crippen MR) is 77.9 cm³/mol. The molecule has 20 heavy (non-hydrogen) atoms. The first-order valence-corrected chi connectivity index (χ1v) is 6.52. The number of primary amides is 1. The van der Waals surface area contributed by atoms with Crippen molar-refractivity contribution >= 4 is 17.1 Å². The summed E-state index contributed by atoms with van der Waals surface area (Å²) in [6.45, 7) is 7.35. The Kier molecular flexibility index (Phi) is 3.94. The topological polar surface area (TPSA) is 81.7 Å². The highest BCUT2D eigenvalue weighted by atomic mass is 16.5. The number of nitrogens with zero attached hydrogens (tertiary/aromatic N) is 2. The van der Waals surface area contributed by atoms with E-state index in [1.165, 1.54) is 6.20 Å². The van der Waals surface area contributed by atoms with Gasteiger partial charge in [-0.1, -0.05) is 0 Å². The second-order valence-corrected chi connectivity index (χ2v) is 5.56. The smallest absolute Gasteiger partial charge is 0.252 e. The van der Waals surface area contributed by atoms with E-state index in [0.717, 1.165) is 5.69 Å². The molecule has 0 atom stereocenters. The fraction of sp³-hybridized carbons (Fsp3) is 0.429. The predicted octanol–water partition coefficient (Wildman–Crippen LogP) is 1.66. The first kappa shape index (κ1) is 14.3. The molecule has 0 saturated carbocycles. The number of fused-ring (bicyclic) bond motifs is 1. The summed E-state index contributed by atoms with van der Waals surface area (Å²) in [5.74, 6) is -0.479. The van der Waals surface area contributed by atoms with E-state index in [0.29, 0.717) is 24.2 Å². The van der Waals surface area contributed by atoms with Crippen molar-refractivity contribution in [3.63, 3.8) is 0 Å². The summed E-state index contributed by atoms with van der Waals surface area (Å²) in [6, 6.07) is 3.74. The van der Waals surface area contributed by atoms with Crippen molar-refractivity contribution in [3.05, 3.63) is 30.1 Å². The molecule has 0 fully saturated rings. The largest absolute Gasteiger partial charge is 0.383 e. The highest BCUT2D eigenvalue weighted by Gasteiger charge is 2.10. The molecule has 0 aliphatic rings. The maximum Gasteiger partial charge on any atom is 0.252 e. The van der Waals surface area contributed by atoms with Crippen LogP contribution in [0.2, 0.25) is 0 Å². The van der Waals surface area contributed by atoms with Gasteiger partial charge in [0.25, 0.3) is 5.91 Å². The molecule has 108 valence electrons. The second-order valence-electron chi connectivity index (χ2n) is 5.56. The molecule has 0 aliphatic carbocycles. The van der Waals surface area contributed by atoms with Gasteiger partial charge in [-0.3, -0.25) is 4.79 Å². The lowest BCUT2D eigenvalue weighted by molar-refractivity contribution is 0.00333. The number of carbonyl (C=O) groups excluding carboxylic acids is 1. The van der Waals surface area contributed by atoms with Gasteiger partial charge in [-0.2, -0.15) is 5.10 Å². The Hall–Kier alpha value is -2.08. The van der Waals surface area contributed by atoms with Crippen LogP contribution in [0.1, 0.15) is 31.1 Å². The number of amides is 1. The molecule has 3 N–H and O–H groups in total. The number of ether oxygens (including phenoxy) is 1. The second kappa shape index (κ2) is 5.50. The Morgan fingerprint density at radius 1 is 1.50 bits per heavy atom. The third-order valence-corrected chi connectivity index (χ3v) is 2.75. The van der Waals surface area contributed by atoms with E-state index >= 15 is 0 Å². The standard InChI is InChI=1S/C14H20N4O2/c1-14(2,3)20-7-5-16-10-4-6-18-12(8-10)11(9-17-18)13(15)19/h4,6,8-9,16H,5,7H2,1-3H3,(H2,15,19). The summed E-state index contributed by atoms with van der Waals surface area (Å²) in [5, 5.41) is 7.32. The van der Waals surface area contributed by atoms with Crippen LogP contribution in [0.4, 0.5) is 5.69 Å². The zero-order valence-electron chi connectivity index (χ0n) is 12.0. The van der Waals surface area contributed by atoms with Gasteiger partial charge < -0.3 is 15.8 Å². The molecule has 2 aromatic heterocycles. The maximum absolute atomic E-state index is 11.3. The van der Waals surface area contributed by atoms with Crippen molar-refractivity contribution in [1.82, 2.24) is 9.61 Å². The number of nitrogens with two attached hydrogens (primary N) is 1. The summed E-state index contributed by atoms with van der Waals surface area (Å²) in [4.78, 5) is 11.3. The summed E-state index contributed by atoms with van der Waals surface area (Å²) in [7, 11) is 0. The Bertz CT molecular complexity index is 613. The highest BCUT2D eigenvalue weighted by molar-refractivity contribution is 5.99. The van der Waals surface area contributed by atoms with E-state index in [1.807, 2.05) is 32.9 Å². The molecule has 2 rings (SSSR count). The van der Waals surface area contributed by atoms with Gasteiger partial charge in [-0.05, 0) is 32.9 Å². The lowest BCUT2D eigenvalue weighted by Crippen LogP contribution is -2.23. The van der Waals surface area contributed by atoms with Crippen molar-refractivity contribution in [2.45, 2.75) is 26.4 Å². The van der Waals surface area contributed by atoms with Crippen molar-refractivity contribution < 1.29 is 9.53 Å². The highest BCUT2D eigenvalue weighted by Crippen LogP contribution is 2.15. The number of hydrogen-bond donors (Lipinski definition) is 2. The normalized spacial score (nSPS) is 11.8. The molecular formula is C14H20N4O2. The summed E-state index contributed by atoms with van der Waals surface area (Å²) >= 11 is 0. The summed E-state index contributed by atoms with van der Waals surface area (Å²) in [6.07, 6.45) is 3.26. The Balaban J connectivity index is 2.04. The number of anilines is 1. The van der Waals surface area contributed by atoms with Crippen LogP contribution in [-0.4, -0.2) is 34.3 Å². The van der Waals surface area contributed by atoms with Gasteiger partial charge in [0.15, 0.2) is 0 Å². The minimum Gasteiger partial charge on any atom is -0.383 e. The zero-order valence-corrected chi connectivity index (χ0v) is 12.0. The van der Waals surface area contributed by atoms with Crippen molar-refractivity contribution in [2.75, 3.05) is 18.5 Å². The van der Waals surface area contributed by atoms with Crippen LogP contribution in [0.15, 0.2) is 24.5 Å². The van der Waals surface area contributed by atoms with Crippen LogP contribution in [0.3, 0.4) is 0 Å². The van der Waals surface area contributed by atoms with Gasteiger partial charge in [0, 0.05) is 18.4 Å². The lowest BCUT2D eigenvalue weighted by Gasteiger charge is -2.19. The first-order chi connectivity index (χ1) is 9.37. The van der Waals surface area contributed by atoms with Gasteiger partial charge in [0.05, 0.1) is 29.5 Å². The number of aromatic nitrogens is 2. The van der Waals surface area contributed by atoms with E-state index in [2.05, 4.69) is 10.4 Å². The van der Waals surface area contributed by atoms with Crippen molar-refractivity contribution in [2.24, 2.45) is 5.73 Å². The molecule has 6 nitrogen and oxygen atoms in total. The average Bonchev–Trinajstić information content (AvgIpc) is 2.76. The minimum absolute atomic E-state index is 0.143. The molecule has 0 saturated heterocycles. The van der Waals surface area contributed by atoms with Gasteiger partial charge in [-0.15, -0.1) is 0 Å². The van der Waals surface area contributed by atoms with Crippen LogP contribution in [0.25, 0.3) is 5.52 Å². The third kappa shape index (κ3) is 3.48. The van der Waals surface area contributed by atoms with Gasteiger partial charge >= 0.3 is 0 Å². The fourth-order valence-corrected chi connectivity index (χ4v) is 1.83. The zero-order chi connectivity index (χ0) is 14.8. The van der Waals surface area contributed by atoms with Gasteiger partial charge in [0.2, 0.25) is 0 Å². The Labute approximate surface area is 117 Å². The van der Waals surface area contributed by atoms with Gasteiger partial charge in [0.1, 0.15) is 0 Å². The van der Waals surface area contributed by atoms with Crippen LogP contribution < -0.4 is 11.1 Å². The maximum atomic E-state index is 11.3. The molecule has 0 radical (unpaired) electrons. The molecule has 2 heterocycles. The monoisotopic (exact) mass is 276 g/mol. The van der Waals surface area contributed by atoms with Crippen molar-refractivity contribution in [3.8, 4) is 0 Å². The van der Waals surface area contributed by atoms with Crippen LogP contribution in [-0.2, 0) is 4.74 Å². The fourth-order valence-electron chi connectivity index (χ4n) is 1.83. The molecule has 0 aromatic carbocycles. The molecule has 0 aliphatic heterocycles. The lowest BCUT2D eigenvalue weighted by atomic mass is 10.2. The first-order valence-electron chi connectivity index (χ1n) is 6.52. The number of hydrogen-bond acceptors (Lipinski definition) is 4. The van der Waals surface area contributed by atoms with Gasteiger partial charge in [-0.25, -0.2) is 4.52 Å². The number of rotatable bonds is 5. The average molecular weight is 276 g/mol. The number of carbonyl (C=O) groups is 1. The molecule has 6 heteroatoms. The summed E-state index contributed by atoms with van der Waals surface area (Å²) in [5.41, 5.74) is 7.18. The van der Waals surface area contributed by atoms with E-state index in [9.17, 15) is 4.79 Å². The van der Waals surface area contributed by atoms with Crippen molar-refractivity contribution in [1.29, 1.82) is 0 Å². The van der Waals surface area contributed by atoms with Crippen LogP contribution in [0, 0.1) is 0 Å². The molecular weight excluding hydrogens is 256 g/mol. The summed E-state index contributed by atoms with van der Waals surface area (Å²) < 4.78 is 7.25. The number of pyridine rings is 1. The SMILES string of the molecule is CC(C)(C)OCCNc1ccn2ncc(C(N)=O)c2c1.